The Kier molecular flexibility index (Phi) is 4.91. The van der Waals surface area contributed by atoms with Gasteiger partial charge in [-0.1, -0.05) is 0 Å². The standard InChI is InChI=1S/C13H16N2O7/c1-21-12(19)3-2-7-4-10(18)14-13(20)15(7)11-5-8(17)9(6-16)22-11/h2-4,8-9,11,16-17H,5-6H2,1H3,(H,14,18,20)/b3-2+/t8-,9+,11+/m0/s1. The highest BCUT2D eigenvalue weighted by Gasteiger charge is 2.35. The van der Waals surface area contributed by atoms with Crippen LogP contribution in [0.4, 0.5) is 0 Å². The molecule has 22 heavy (non-hydrogen) atoms. The number of carbonyl (C=O) groups excluding carboxylic acids is 1. The number of hydrogen-bond acceptors (Lipinski definition) is 7. The largest absolute Gasteiger partial charge is 0.466 e. The fourth-order valence-electron chi connectivity index (χ4n) is 2.21. The van der Waals surface area contributed by atoms with Gasteiger partial charge in [-0.25, -0.2) is 9.59 Å². The summed E-state index contributed by atoms with van der Waals surface area (Å²) in [6, 6.07) is 1.11. The molecule has 1 aromatic heterocycles. The number of esters is 1. The smallest absolute Gasteiger partial charge is 0.330 e. The minimum Gasteiger partial charge on any atom is -0.466 e. The van der Waals surface area contributed by atoms with Crippen LogP contribution in [0, 0.1) is 0 Å². The third-order valence-electron chi connectivity index (χ3n) is 3.27. The summed E-state index contributed by atoms with van der Waals surface area (Å²) < 4.78 is 10.9. The summed E-state index contributed by atoms with van der Waals surface area (Å²) in [4.78, 5) is 36.7. The highest BCUT2D eigenvalue weighted by Crippen LogP contribution is 2.28. The van der Waals surface area contributed by atoms with Gasteiger partial charge in [0.1, 0.15) is 12.3 Å². The van der Waals surface area contributed by atoms with E-state index < -0.39 is 42.3 Å². The van der Waals surface area contributed by atoms with Gasteiger partial charge < -0.3 is 19.7 Å². The number of rotatable bonds is 4. The second kappa shape index (κ2) is 6.69. The van der Waals surface area contributed by atoms with Crippen molar-refractivity contribution in [2.75, 3.05) is 13.7 Å². The monoisotopic (exact) mass is 312 g/mol. The summed E-state index contributed by atoms with van der Waals surface area (Å²) in [6.07, 6.45) is -0.262. The van der Waals surface area contributed by atoms with E-state index in [4.69, 9.17) is 9.84 Å². The van der Waals surface area contributed by atoms with Crippen molar-refractivity contribution in [3.05, 3.63) is 38.7 Å². The fraction of sp³-hybridized carbons (Fsp3) is 0.462. The average molecular weight is 312 g/mol. The third-order valence-corrected chi connectivity index (χ3v) is 3.27. The number of H-pyrrole nitrogens is 1. The van der Waals surface area contributed by atoms with E-state index in [1.807, 2.05) is 0 Å². The van der Waals surface area contributed by atoms with Gasteiger partial charge in [0, 0.05) is 18.6 Å². The fourth-order valence-corrected chi connectivity index (χ4v) is 2.21. The van der Waals surface area contributed by atoms with Crippen molar-refractivity contribution < 1.29 is 24.5 Å². The number of methoxy groups -OCH3 is 1. The molecule has 2 rings (SSSR count). The van der Waals surface area contributed by atoms with E-state index in [1.165, 1.54) is 13.2 Å². The summed E-state index contributed by atoms with van der Waals surface area (Å²) in [6.45, 7) is -0.400. The second-order valence-corrected chi connectivity index (χ2v) is 4.70. The molecular weight excluding hydrogens is 296 g/mol. The molecule has 0 radical (unpaired) electrons. The Morgan fingerprint density at radius 3 is 2.91 bits per heavy atom. The lowest BCUT2D eigenvalue weighted by Gasteiger charge is -2.16. The molecule has 120 valence electrons. The van der Waals surface area contributed by atoms with Gasteiger partial charge in [-0.15, -0.1) is 0 Å². The molecule has 2 heterocycles. The SMILES string of the molecule is COC(=O)/C=C/c1cc(=O)[nH]c(=O)n1[C@H]1C[C@H](O)[C@@H](CO)O1. The van der Waals surface area contributed by atoms with Gasteiger partial charge >= 0.3 is 11.7 Å². The molecule has 0 unspecified atom stereocenters. The molecule has 9 nitrogen and oxygen atoms in total. The maximum atomic E-state index is 12.0. The van der Waals surface area contributed by atoms with E-state index in [2.05, 4.69) is 9.72 Å². The number of aromatic nitrogens is 2. The molecule has 3 N–H and O–H groups in total. The first-order valence-electron chi connectivity index (χ1n) is 6.52. The van der Waals surface area contributed by atoms with Crippen molar-refractivity contribution in [3.8, 4) is 0 Å². The van der Waals surface area contributed by atoms with Crippen LogP contribution in [0.15, 0.2) is 21.7 Å². The number of aromatic amines is 1. The van der Waals surface area contributed by atoms with E-state index >= 15 is 0 Å². The van der Waals surface area contributed by atoms with Gasteiger partial charge in [-0.2, -0.15) is 0 Å². The summed E-state index contributed by atoms with van der Waals surface area (Å²) in [5.41, 5.74) is -1.26. The predicted molar refractivity (Wildman–Crippen MR) is 74.0 cm³/mol. The Labute approximate surface area is 124 Å². The lowest BCUT2D eigenvalue weighted by molar-refractivity contribution is -0.134. The summed E-state index contributed by atoms with van der Waals surface area (Å²) in [5.74, 6) is -0.653. The van der Waals surface area contributed by atoms with Crippen LogP contribution in [-0.4, -0.2) is 51.7 Å². The van der Waals surface area contributed by atoms with E-state index in [0.717, 1.165) is 16.7 Å². The van der Waals surface area contributed by atoms with Crippen LogP contribution in [-0.2, 0) is 14.3 Å². The Balaban J connectivity index is 2.42. The minimum atomic E-state index is -0.939. The third kappa shape index (κ3) is 3.32. The first-order valence-corrected chi connectivity index (χ1v) is 6.52. The number of aliphatic hydroxyl groups excluding tert-OH is 2. The maximum Gasteiger partial charge on any atom is 0.330 e. The molecule has 0 aromatic carbocycles. The molecular formula is C13H16N2O7. The Morgan fingerprint density at radius 1 is 1.59 bits per heavy atom. The molecule has 1 saturated heterocycles. The van der Waals surface area contributed by atoms with Crippen LogP contribution in [0.25, 0.3) is 6.08 Å². The molecule has 0 aliphatic carbocycles. The average Bonchev–Trinajstić information content (AvgIpc) is 2.84. The van der Waals surface area contributed by atoms with Crippen LogP contribution in [0.2, 0.25) is 0 Å². The van der Waals surface area contributed by atoms with Crippen LogP contribution in [0.3, 0.4) is 0 Å². The van der Waals surface area contributed by atoms with Gasteiger partial charge in [0.05, 0.1) is 25.5 Å². The van der Waals surface area contributed by atoms with Crippen LogP contribution >= 0.6 is 0 Å². The number of carbonyl (C=O) groups is 1. The zero-order chi connectivity index (χ0) is 16.3. The highest BCUT2D eigenvalue weighted by molar-refractivity contribution is 5.86. The second-order valence-electron chi connectivity index (χ2n) is 4.70. The number of ether oxygens (including phenoxy) is 2. The van der Waals surface area contributed by atoms with Gasteiger partial charge in [0.25, 0.3) is 5.56 Å². The van der Waals surface area contributed by atoms with Crippen molar-refractivity contribution in [2.45, 2.75) is 24.9 Å². The molecule has 0 bridgehead atoms. The molecule has 1 fully saturated rings. The van der Waals surface area contributed by atoms with Gasteiger partial charge in [0.15, 0.2) is 0 Å². The Hall–Kier alpha value is -2.23. The number of nitrogens with one attached hydrogen (secondary N) is 1. The lowest BCUT2D eigenvalue weighted by Crippen LogP contribution is -2.34. The van der Waals surface area contributed by atoms with Crippen molar-refractivity contribution in [2.24, 2.45) is 0 Å². The quantitative estimate of drug-likeness (QED) is 0.449. The summed E-state index contributed by atoms with van der Waals surface area (Å²) >= 11 is 0. The minimum absolute atomic E-state index is 0.0657. The molecule has 0 saturated carbocycles. The van der Waals surface area contributed by atoms with Crippen molar-refractivity contribution in [1.29, 1.82) is 0 Å². The van der Waals surface area contributed by atoms with Gasteiger partial charge in [-0.05, 0) is 6.08 Å². The van der Waals surface area contributed by atoms with Gasteiger partial charge in [0.2, 0.25) is 0 Å². The topological polar surface area (TPSA) is 131 Å². The Morgan fingerprint density at radius 2 is 2.32 bits per heavy atom. The number of nitrogens with zero attached hydrogens (tertiary/aromatic N) is 1. The first-order chi connectivity index (χ1) is 10.5. The van der Waals surface area contributed by atoms with Crippen molar-refractivity contribution >= 4 is 12.0 Å². The normalized spacial score (nSPS) is 24.8. The predicted octanol–water partition coefficient (Wildman–Crippen LogP) is -1.64. The number of aliphatic hydroxyl groups is 2. The van der Waals surface area contributed by atoms with Crippen molar-refractivity contribution in [3.63, 3.8) is 0 Å². The van der Waals surface area contributed by atoms with Crippen LogP contribution < -0.4 is 11.2 Å². The first kappa shape index (κ1) is 16.1. The lowest BCUT2D eigenvalue weighted by atomic mass is 10.2. The molecule has 0 spiro atoms. The van der Waals surface area contributed by atoms with Crippen LogP contribution in [0.1, 0.15) is 18.3 Å². The molecule has 3 atom stereocenters. The molecule has 1 aliphatic rings. The van der Waals surface area contributed by atoms with Gasteiger partial charge in [-0.3, -0.25) is 14.3 Å². The number of hydrogen-bond donors (Lipinski definition) is 3. The van der Waals surface area contributed by atoms with Crippen LogP contribution in [0.5, 0.6) is 0 Å². The maximum absolute atomic E-state index is 12.0. The molecule has 1 aliphatic heterocycles. The zero-order valence-electron chi connectivity index (χ0n) is 11.8. The van der Waals surface area contributed by atoms with E-state index in [0.29, 0.717) is 0 Å². The molecule has 1 aromatic rings. The zero-order valence-corrected chi connectivity index (χ0v) is 11.8. The van der Waals surface area contributed by atoms with Crippen molar-refractivity contribution in [1.82, 2.24) is 9.55 Å². The summed E-state index contributed by atoms with van der Waals surface area (Å²) in [7, 11) is 1.19. The summed E-state index contributed by atoms with van der Waals surface area (Å²) in [5, 5.41) is 18.8. The highest BCUT2D eigenvalue weighted by atomic mass is 16.5. The molecule has 0 amide bonds. The van der Waals surface area contributed by atoms with E-state index in [1.54, 1.807) is 0 Å². The molecule has 9 heteroatoms. The van der Waals surface area contributed by atoms with E-state index in [-0.39, 0.29) is 12.1 Å². The Bertz CT molecular complexity index is 690. The van der Waals surface area contributed by atoms with E-state index in [9.17, 15) is 19.5 Å².